The molecule has 4 aromatic rings. The lowest BCUT2D eigenvalue weighted by Crippen LogP contribution is -2.06. The van der Waals surface area contributed by atoms with Gasteiger partial charge in [-0.05, 0) is 71.6 Å². The molecule has 1 aromatic heterocycles. The largest absolute Gasteiger partial charge is 0.491 e. The van der Waals surface area contributed by atoms with Crippen LogP contribution < -0.4 is 4.74 Å². The lowest BCUT2D eigenvalue weighted by atomic mass is 9.94. The van der Waals surface area contributed by atoms with Crippen molar-refractivity contribution in [3.63, 3.8) is 0 Å². The molecule has 0 saturated heterocycles. The monoisotopic (exact) mass is 472 g/mol. The Hall–Kier alpha value is -3.97. The average molecular weight is 473 g/mol. The minimum absolute atomic E-state index is 0.0346. The minimum Gasteiger partial charge on any atom is -0.491 e. The number of ether oxygens (including phenoxy) is 1. The normalized spacial score (nSPS) is 12.5. The van der Waals surface area contributed by atoms with Gasteiger partial charge in [-0.2, -0.15) is 0 Å². The molecule has 0 saturated carbocycles. The molecular weight excluding hydrogens is 447 g/mol. The smallest absolute Gasteiger partial charge is 0.335 e. The second-order valence-corrected chi connectivity index (χ2v) is 8.85. The molecule has 35 heavy (non-hydrogen) atoms. The van der Waals surface area contributed by atoms with E-state index in [1.807, 2.05) is 6.21 Å². The molecule has 0 amide bonds. The molecular formula is C28H25FN2O4. The van der Waals surface area contributed by atoms with Crippen LogP contribution in [0.3, 0.4) is 0 Å². The molecule has 7 heteroatoms. The van der Waals surface area contributed by atoms with Crippen LogP contribution in [0.25, 0.3) is 27.7 Å². The Morgan fingerprint density at radius 1 is 1.14 bits per heavy atom. The zero-order chi connectivity index (χ0) is 24.7. The van der Waals surface area contributed by atoms with Crippen molar-refractivity contribution < 1.29 is 24.1 Å². The fourth-order valence-electron chi connectivity index (χ4n) is 4.75. The van der Waals surface area contributed by atoms with Crippen LogP contribution in [0.5, 0.6) is 5.75 Å². The summed E-state index contributed by atoms with van der Waals surface area (Å²) >= 11 is 0. The molecule has 2 N–H and O–H groups in total. The Morgan fingerprint density at radius 2 is 1.91 bits per heavy atom. The summed E-state index contributed by atoms with van der Waals surface area (Å²) in [5.74, 6) is -0.918. The molecule has 2 heterocycles. The molecule has 0 radical (unpaired) electrons. The first kappa shape index (κ1) is 22.8. The maximum absolute atomic E-state index is 13.8. The zero-order valence-corrected chi connectivity index (χ0v) is 19.5. The fourth-order valence-corrected chi connectivity index (χ4v) is 4.75. The van der Waals surface area contributed by atoms with Crippen LogP contribution in [-0.2, 0) is 6.54 Å². The van der Waals surface area contributed by atoms with E-state index in [2.05, 4.69) is 35.5 Å². The first-order valence-electron chi connectivity index (χ1n) is 11.5. The highest BCUT2D eigenvalue weighted by atomic mass is 19.1. The Labute approximate surface area is 201 Å². The number of halogens is 1. The second kappa shape index (κ2) is 9.00. The molecule has 0 spiro atoms. The van der Waals surface area contributed by atoms with E-state index in [1.165, 1.54) is 18.2 Å². The molecule has 5 rings (SSSR count). The number of rotatable bonds is 7. The standard InChI is InChI=1S/C28H25FN2O4/c1-16(2)27-26(22-8-3-17(28(33)34)13-25(22)35-10-9-32)23-11-18-14-30-15-19(18)12-24(23)31(27)21-6-4-20(29)5-7-21/h3-8,11-13,15-16,32H,9-10,14H2,1-2H3,(H,33,34). The molecule has 0 aliphatic carbocycles. The van der Waals surface area contributed by atoms with Gasteiger partial charge in [0.15, 0.2) is 0 Å². The average Bonchev–Trinajstić information content (AvgIpc) is 3.43. The van der Waals surface area contributed by atoms with Gasteiger partial charge in [0.1, 0.15) is 18.2 Å². The minimum atomic E-state index is -1.06. The van der Waals surface area contributed by atoms with Gasteiger partial charge in [0.25, 0.3) is 0 Å². The number of nitrogens with zero attached hydrogens (tertiary/aromatic N) is 2. The van der Waals surface area contributed by atoms with Gasteiger partial charge in [-0.3, -0.25) is 4.99 Å². The zero-order valence-electron chi connectivity index (χ0n) is 19.5. The number of benzene rings is 3. The SMILES string of the molecule is CC(C)c1c(-c2ccc(C(=O)O)cc2OCCO)c2cc3c(cc2n1-c1ccc(F)cc1)C=NC3. The Bertz CT molecular complexity index is 1470. The molecule has 0 atom stereocenters. The number of hydrogen-bond acceptors (Lipinski definition) is 4. The Balaban J connectivity index is 1.88. The fraction of sp³-hybridized carbons (Fsp3) is 0.214. The number of aliphatic hydroxyl groups is 1. The van der Waals surface area contributed by atoms with Gasteiger partial charge in [0, 0.05) is 34.1 Å². The first-order valence-corrected chi connectivity index (χ1v) is 11.5. The number of carboxylic acids is 1. The van der Waals surface area contributed by atoms with Crippen molar-refractivity contribution >= 4 is 23.1 Å². The summed E-state index contributed by atoms with van der Waals surface area (Å²) in [7, 11) is 0. The number of fused-ring (bicyclic) bond motifs is 2. The van der Waals surface area contributed by atoms with Crippen molar-refractivity contribution in [1.82, 2.24) is 4.57 Å². The van der Waals surface area contributed by atoms with Gasteiger partial charge in [0.05, 0.1) is 24.2 Å². The van der Waals surface area contributed by atoms with Crippen LogP contribution in [-0.4, -0.2) is 40.2 Å². The van der Waals surface area contributed by atoms with Crippen molar-refractivity contribution in [1.29, 1.82) is 0 Å². The summed E-state index contributed by atoms with van der Waals surface area (Å²) in [6, 6.07) is 15.4. The molecule has 0 bridgehead atoms. The van der Waals surface area contributed by atoms with E-state index < -0.39 is 5.97 Å². The van der Waals surface area contributed by atoms with E-state index in [4.69, 9.17) is 4.74 Å². The van der Waals surface area contributed by atoms with Crippen molar-refractivity contribution in [2.45, 2.75) is 26.3 Å². The number of aromatic carboxylic acids is 1. The quantitative estimate of drug-likeness (QED) is 0.369. The lowest BCUT2D eigenvalue weighted by molar-refractivity contribution is 0.0696. The van der Waals surface area contributed by atoms with E-state index in [-0.39, 0.29) is 30.5 Å². The molecule has 3 aromatic carbocycles. The van der Waals surface area contributed by atoms with E-state index >= 15 is 0 Å². The number of carbonyl (C=O) groups is 1. The predicted octanol–water partition coefficient (Wildman–Crippen LogP) is 5.56. The third-order valence-corrected chi connectivity index (χ3v) is 6.24. The van der Waals surface area contributed by atoms with E-state index in [9.17, 15) is 19.4 Å². The maximum atomic E-state index is 13.8. The van der Waals surface area contributed by atoms with Crippen molar-refractivity contribution in [2.75, 3.05) is 13.2 Å². The lowest BCUT2D eigenvalue weighted by Gasteiger charge is -2.18. The summed E-state index contributed by atoms with van der Waals surface area (Å²) in [6.45, 7) is 4.61. The third kappa shape index (κ3) is 3.98. The van der Waals surface area contributed by atoms with E-state index in [0.717, 1.165) is 44.5 Å². The highest BCUT2D eigenvalue weighted by Gasteiger charge is 2.26. The molecule has 1 aliphatic rings. The van der Waals surface area contributed by atoms with Crippen molar-refractivity contribution in [3.05, 3.63) is 82.8 Å². The number of aliphatic hydroxyl groups excluding tert-OH is 1. The van der Waals surface area contributed by atoms with Crippen LogP contribution in [0.2, 0.25) is 0 Å². The number of aliphatic imine (C=N–C) groups is 1. The van der Waals surface area contributed by atoms with E-state index in [0.29, 0.717) is 12.3 Å². The van der Waals surface area contributed by atoms with E-state index in [1.54, 1.807) is 24.3 Å². The Morgan fingerprint density at radius 3 is 2.60 bits per heavy atom. The van der Waals surface area contributed by atoms with Gasteiger partial charge in [-0.25, -0.2) is 9.18 Å². The van der Waals surface area contributed by atoms with Crippen LogP contribution in [0.15, 0.2) is 59.6 Å². The highest BCUT2D eigenvalue weighted by Crippen LogP contribution is 2.45. The first-order chi connectivity index (χ1) is 16.9. The van der Waals surface area contributed by atoms with Crippen LogP contribution >= 0.6 is 0 Å². The van der Waals surface area contributed by atoms with Gasteiger partial charge in [0.2, 0.25) is 0 Å². The van der Waals surface area contributed by atoms with Gasteiger partial charge < -0.3 is 19.5 Å². The van der Waals surface area contributed by atoms with Crippen LogP contribution in [0.4, 0.5) is 4.39 Å². The summed E-state index contributed by atoms with van der Waals surface area (Å²) in [5.41, 5.74) is 6.65. The molecule has 0 fully saturated rings. The second-order valence-electron chi connectivity index (χ2n) is 8.85. The Kier molecular flexibility index (Phi) is 5.86. The molecule has 0 unspecified atom stereocenters. The summed E-state index contributed by atoms with van der Waals surface area (Å²) in [5, 5.41) is 19.9. The van der Waals surface area contributed by atoms with Crippen LogP contribution in [0.1, 0.15) is 46.9 Å². The summed E-state index contributed by atoms with van der Waals surface area (Å²) < 4.78 is 21.8. The van der Waals surface area contributed by atoms with Crippen molar-refractivity contribution in [2.24, 2.45) is 4.99 Å². The summed E-state index contributed by atoms with van der Waals surface area (Å²) in [4.78, 5) is 16.1. The molecule has 178 valence electrons. The topological polar surface area (TPSA) is 84.0 Å². The number of carboxylic acid groups (broad SMARTS) is 1. The molecule has 6 nitrogen and oxygen atoms in total. The number of aromatic nitrogens is 1. The van der Waals surface area contributed by atoms with Gasteiger partial charge >= 0.3 is 5.97 Å². The predicted molar refractivity (Wildman–Crippen MR) is 134 cm³/mol. The third-order valence-electron chi connectivity index (χ3n) is 6.24. The highest BCUT2D eigenvalue weighted by molar-refractivity contribution is 6.04. The van der Waals surface area contributed by atoms with Gasteiger partial charge in [-0.1, -0.05) is 13.8 Å². The summed E-state index contributed by atoms with van der Waals surface area (Å²) in [6.07, 6.45) is 1.86. The van der Waals surface area contributed by atoms with Gasteiger partial charge in [-0.15, -0.1) is 0 Å². The maximum Gasteiger partial charge on any atom is 0.335 e. The molecule has 1 aliphatic heterocycles. The van der Waals surface area contributed by atoms with Crippen LogP contribution in [0, 0.1) is 5.82 Å². The van der Waals surface area contributed by atoms with Crippen molar-refractivity contribution in [3.8, 4) is 22.6 Å². The number of hydrogen-bond donors (Lipinski definition) is 2.